The molecule has 0 aromatic rings. The van der Waals surface area contributed by atoms with Gasteiger partial charge in [-0.15, -0.1) is 0 Å². The smallest absolute Gasteiger partial charge is 0.303 e. The number of carboxylic acid groups (broad SMARTS) is 1. The molecule has 6 heteroatoms. The fraction of sp³-hybridized carbons (Fsp3) is 0.923. The SMILES string of the molecule is CC.CC.CC12CCC(NCCCNCCCCNCCCN)CC1=CCC1C2CCC2(C)C(CCCCCC(=O)O)CCC12. The molecule has 0 amide bonds. The third kappa shape index (κ3) is 11.6. The summed E-state index contributed by atoms with van der Waals surface area (Å²) in [6, 6.07) is 0.663. The van der Waals surface area contributed by atoms with Gasteiger partial charge in [-0.05, 0) is 164 Å². The number of hydrogen-bond acceptors (Lipinski definition) is 5. The van der Waals surface area contributed by atoms with Crippen molar-refractivity contribution in [1.82, 2.24) is 16.0 Å². The molecule has 0 aromatic carbocycles. The van der Waals surface area contributed by atoms with Gasteiger partial charge in [0, 0.05) is 12.5 Å². The number of unbranched alkanes of at least 4 members (excludes halogenated alkanes) is 3. The van der Waals surface area contributed by atoms with Crippen LogP contribution in [-0.4, -0.2) is 56.4 Å². The van der Waals surface area contributed by atoms with E-state index in [1.165, 1.54) is 83.5 Å². The number of nitrogens with one attached hydrogen (secondary N) is 3. The van der Waals surface area contributed by atoms with Crippen LogP contribution in [-0.2, 0) is 4.79 Å². The summed E-state index contributed by atoms with van der Waals surface area (Å²) in [5, 5.41) is 20.0. The van der Waals surface area contributed by atoms with Gasteiger partial charge in [0.25, 0.3) is 0 Å². The molecule has 4 rings (SSSR count). The topological polar surface area (TPSA) is 99.4 Å². The van der Waals surface area contributed by atoms with Crippen LogP contribution in [0.1, 0.15) is 151 Å². The lowest BCUT2D eigenvalue weighted by Gasteiger charge is -2.58. The molecule has 0 radical (unpaired) electrons. The van der Waals surface area contributed by atoms with Crippen molar-refractivity contribution in [2.45, 2.75) is 157 Å². The maximum absolute atomic E-state index is 10.9. The van der Waals surface area contributed by atoms with Crippen molar-refractivity contribution in [3.05, 3.63) is 11.6 Å². The van der Waals surface area contributed by atoms with Crippen LogP contribution < -0.4 is 21.7 Å². The number of rotatable bonds is 19. The Hall–Kier alpha value is -0.950. The van der Waals surface area contributed by atoms with E-state index in [1.807, 2.05) is 27.7 Å². The Kier molecular flexibility index (Phi) is 19.5. The molecule has 4 aliphatic rings. The van der Waals surface area contributed by atoms with Gasteiger partial charge in [-0.2, -0.15) is 0 Å². The standard InChI is InChI=1S/C35H64N4O2.2C2H6/c1-34-19-17-32-30(31(34)15-13-27(34)10-4-3-5-11-33(40)41)14-12-28-26-29(16-18-35(28,32)2)39-25-9-24-38-22-7-6-21-37-23-8-20-36;2*1-2/h12,27,29-32,37-39H,3-11,13-26,36H2,1-2H3,(H,40,41);2*1-2H3. The molecule has 3 saturated carbocycles. The molecule has 4 aliphatic carbocycles. The first-order chi connectivity index (χ1) is 21.9. The van der Waals surface area contributed by atoms with E-state index >= 15 is 0 Å². The van der Waals surface area contributed by atoms with Crippen LogP contribution in [0.15, 0.2) is 11.6 Å². The third-order valence-corrected chi connectivity index (χ3v) is 12.2. The van der Waals surface area contributed by atoms with Gasteiger partial charge >= 0.3 is 5.97 Å². The van der Waals surface area contributed by atoms with Crippen molar-refractivity contribution >= 4 is 5.97 Å². The maximum Gasteiger partial charge on any atom is 0.303 e. The van der Waals surface area contributed by atoms with Crippen LogP contribution in [0.4, 0.5) is 0 Å². The molecule has 45 heavy (non-hydrogen) atoms. The number of hydrogen-bond donors (Lipinski definition) is 5. The Labute approximate surface area is 279 Å². The summed E-state index contributed by atoms with van der Waals surface area (Å²) in [7, 11) is 0. The minimum atomic E-state index is -0.642. The average molecular weight is 633 g/mol. The number of carbonyl (C=O) groups is 1. The molecular weight excluding hydrogens is 556 g/mol. The van der Waals surface area contributed by atoms with Crippen molar-refractivity contribution in [3.63, 3.8) is 0 Å². The second kappa shape index (κ2) is 21.8. The fourth-order valence-corrected chi connectivity index (χ4v) is 9.76. The zero-order chi connectivity index (χ0) is 33.1. The third-order valence-electron chi connectivity index (χ3n) is 12.2. The van der Waals surface area contributed by atoms with Gasteiger partial charge in [0.05, 0.1) is 0 Å². The highest BCUT2D eigenvalue weighted by atomic mass is 16.4. The molecular formula is C39H76N4O2. The highest BCUT2D eigenvalue weighted by molar-refractivity contribution is 5.66. The highest BCUT2D eigenvalue weighted by Crippen LogP contribution is 2.66. The number of aliphatic carboxylic acids is 1. The predicted molar refractivity (Wildman–Crippen MR) is 194 cm³/mol. The van der Waals surface area contributed by atoms with E-state index in [0.29, 0.717) is 23.3 Å². The van der Waals surface area contributed by atoms with E-state index in [4.69, 9.17) is 10.8 Å². The molecule has 0 spiro atoms. The minimum Gasteiger partial charge on any atom is -0.481 e. The van der Waals surface area contributed by atoms with Crippen LogP contribution in [0, 0.1) is 34.5 Å². The lowest BCUT2D eigenvalue weighted by atomic mass is 9.47. The number of nitrogens with two attached hydrogens (primary N) is 1. The van der Waals surface area contributed by atoms with Gasteiger partial charge in [0.2, 0.25) is 0 Å². The highest BCUT2D eigenvalue weighted by Gasteiger charge is 2.58. The van der Waals surface area contributed by atoms with Gasteiger partial charge < -0.3 is 26.8 Å². The Morgan fingerprint density at radius 3 is 2.20 bits per heavy atom. The molecule has 7 unspecified atom stereocenters. The zero-order valence-corrected chi connectivity index (χ0v) is 30.7. The molecule has 264 valence electrons. The normalized spacial score (nSPS) is 31.7. The van der Waals surface area contributed by atoms with Crippen LogP contribution in [0.2, 0.25) is 0 Å². The van der Waals surface area contributed by atoms with Crippen molar-refractivity contribution in [2.24, 2.45) is 40.2 Å². The minimum absolute atomic E-state index is 0.337. The first-order valence-corrected chi connectivity index (χ1v) is 19.6. The Morgan fingerprint density at radius 1 is 0.822 bits per heavy atom. The van der Waals surface area contributed by atoms with E-state index in [0.717, 1.165) is 82.2 Å². The lowest BCUT2D eigenvalue weighted by molar-refractivity contribution is -0.137. The fourth-order valence-electron chi connectivity index (χ4n) is 9.76. The Morgan fingerprint density at radius 2 is 1.51 bits per heavy atom. The summed E-state index contributed by atoms with van der Waals surface area (Å²) in [6.07, 6.45) is 23.3. The zero-order valence-electron chi connectivity index (χ0n) is 30.7. The van der Waals surface area contributed by atoms with Crippen molar-refractivity contribution < 1.29 is 9.90 Å². The van der Waals surface area contributed by atoms with Gasteiger partial charge in [0.15, 0.2) is 0 Å². The summed E-state index contributed by atoms with van der Waals surface area (Å²) in [6.45, 7) is 19.6. The summed E-state index contributed by atoms with van der Waals surface area (Å²) in [4.78, 5) is 10.9. The summed E-state index contributed by atoms with van der Waals surface area (Å²) in [5.41, 5.74) is 8.27. The molecule has 7 atom stereocenters. The summed E-state index contributed by atoms with van der Waals surface area (Å²) < 4.78 is 0. The summed E-state index contributed by atoms with van der Waals surface area (Å²) >= 11 is 0. The summed E-state index contributed by atoms with van der Waals surface area (Å²) in [5.74, 6) is 2.88. The van der Waals surface area contributed by atoms with Crippen molar-refractivity contribution in [2.75, 3.05) is 39.3 Å². The van der Waals surface area contributed by atoms with E-state index in [2.05, 4.69) is 35.9 Å². The number of carboxylic acids is 1. The largest absolute Gasteiger partial charge is 0.481 e. The molecule has 0 aliphatic heterocycles. The first kappa shape index (κ1) is 40.2. The molecule has 6 N–H and O–H groups in total. The van der Waals surface area contributed by atoms with Crippen LogP contribution >= 0.6 is 0 Å². The van der Waals surface area contributed by atoms with Crippen LogP contribution in [0.5, 0.6) is 0 Å². The van der Waals surface area contributed by atoms with Gasteiger partial charge in [-0.1, -0.05) is 66.0 Å². The van der Waals surface area contributed by atoms with Gasteiger partial charge in [0.1, 0.15) is 0 Å². The van der Waals surface area contributed by atoms with E-state index in [9.17, 15) is 4.79 Å². The molecule has 0 aromatic heterocycles. The quantitative estimate of drug-likeness (QED) is 0.0726. The monoisotopic (exact) mass is 633 g/mol. The maximum atomic E-state index is 10.9. The second-order valence-corrected chi connectivity index (χ2v) is 14.7. The van der Waals surface area contributed by atoms with E-state index < -0.39 is 5.97 Å². The van der Waals surface area contributed by atoms with Crippen LogP contribution in [0.25, 0.3) is 0 Å². The second-order valence-electron chi connectivity index (χ2n) is 14.7. The molecule has 6 nitrogen and oxygen atoms in total. The number of allylic oxidation sites excluding steroid dienone is 1. The molecule has 0 saturated heterocycles. The van der Waals surface area contributed by atoms with Crippen molar-refractivity contribution in [3.8, 4) is 0 Å². The lowest BCUT2D eigenvalue weighted by Crippen LogP contribution is -2.51. The predicted octanol–water partition coefficient (Wildman–Crippen LogP) is 8.31. The van der Waals surface area contributed by atoms with E-state index in [-0.39, 0.29) is 0 Å². The molecule has 3 fully saturated rings. The van der Waals surface area contributed by atoms with Crippen LogP contribution in [0.3, 0.4) is 0 Å². The molecule has 0 bridgehead atoms. The Balaban J connectivity index is 0.00000169. The van der Waals surface area contributed by atoms with Crippen molar-refractivity contribution in [1.29, 1.82) is 0 Å². The van der Waals surface area contributed by atoms with E-state index in [1.54, 1.807) is 5.57 Å². The Bertz CT molecular complexity index is 834. The average Bonchev–Trinajstić information content (AvgIpc) is 3.39. The number of fused-ring (bicyclic) bond motifs is 5. The first-order valence-electron chi connectivity index (χ1n) is 19.6. The van der Waals surface area contributed by atoms with Gasteiger partial charge in [-0.3, -0.25) is 4.79 Å². The molecule has 0 heterocycles. The van der Waals surface area contributed by atoms with Gasteiger partial charge in [-0.25, -0.2) is 0 Å².